The second-order valence-corrected chi connectivity index (χ2v) is 5.58. The number of halogens is 1. The highest BCUT2D eigenvalue weighted by molar-refractivity contribution is 6.31. The lowest BCUT2D eigenvalue weighted by Gasteiger charge is -2.35. The van der Waals surface area contributed by atoms with Gasteiger partial charge < -0.3 is 10.6 Å². The number of rotatable bonds is 4. The number of amides is 2. The van der Waals surface area contributed by atoms with E-state index in [2.05, 4.69) is 0 Å². The lowest BCUT2D eigenvalue weighted by Crippen LogP contribution is -2.46. The van der Waals surface area contributed by atoms with Crippen molar-refractivity contribution in [3.05, 3.63) is 34.9 Å². The number of likely N-dealkylation sites (tertiary alicyclic amines) is 1. The van der Waals surface area contributed by atoms with Gasteiger partial charge in [0.25, 0.3) is 0 Å². The maximum Gasteiger partial charge on any atom is 0.227 e. The first-order valence-electron chi connectivity index (χ1n) is 6.89. The predicted octanol–water partition coefficient (Wildman–Crippen LogP) is 2.14. The zero-order valence-corrected chi connectivity index (χ0v) is 12.1. The van der Waals surface area contributed by atoms with Crippen LogP contribution in [0.1, 0.15) is 31.2 Å². The molecule has 1 aliphatic heterocycles. The predicted molar refractivity (Wildman–Crippen MR) is 78.3 cm³/mol. The largest absolute Gasteiger partial charge is 0.370 e. The quantitative estimate of drug-likeness (QED) is 0.925. The maximum atomic E-state index is 12.4. The minimum Gasteiger partial charge on any atom is -0.370 e. The average molecular weight is 295 g/mol. The van der Waals surface area contributed by atoms with Gasteiger partial charge in [-0.1, -0.05) is 29.8 Å². The number of carbonyl (C=O) groups is 2. The summed E-state index contributed by atoms with van der Waals surface area (Å²) in [5, 5.41) is 0.601. The van der Waals surface area contributed by atoms with Crippen LogP contribution < -0.4 is 5.73 Å². The molecule has 5 heteroatoms. The Kier molecular flexibility index (Phi) is 5.01. The number of nitrogens with zero attached hydrogens (tertiary/aromatic N) is 1. The molecule has 20 heavy (non-hydrogen) atoms. The molecule has 1 aromatic carbocycles. The number of primary amides is 1. The molecule has 1 aromatic rings. The summed E-state index contributed by atoms with van der Waals surface area (Å²) in [6, 6.07) is 7.28. The molecule has 0 unspecified atom stereocenters. The molecular weight excluding hydrogens is 276 g/mol. The lowest BCUT2D eigenvalue weighted by atomic mass is 9.98. The van der Waals surface area contributed by atoms with Gasteiger partial charge in [-0.3, -0.25) is 9.59 Å². The Hall–Kier alpha value is -1.55. The fourth-order valence-corrected chi connectivity index (χ4v) is 2.88. The van der Waals surface area contributed by atoms with Gasteiger partial charge in [0.2, 0.25) is 11.8 Å². The normalized spacial score (nSPS) is 18.9. The van der Waals surface area contributed by atoms with Crippen LogP contribution >= 0.6 is 11.6 Å². The van der Waals surface area contributed by atoms with Crippen molar-refractivity contribution in [2.45, 2.75) is 38.1 Å². The molecule has 1 aliphatic rings. The number of hydrogen-bond acceptors (Lipinski definition) is 2. The number of nitrogens with two attached hydrogens (primary N) is 1. The minimum atomic E-state index is -0.354. The van der Waals surface area contributed by atoms with E-state index in [1.54, 1.807) is 11.0 Å². The molecule has 0 radical (unpaired) electrons. The van der Waals surface area contributed by atoms with Crippen molar-refractivity contribution in [3.63, 3.8) is 0 Å². The molecule has 0 aliphatic carbocycles. The van der Waals surface area contributed by atoms with Crippen LogP contribution in [0.4, 0.5) is 0 Å². The Balaban J connectivity index is 2.06. The molecule has 0 spiro atoms. The fraction of sp³-hybridized carbons (Fsp3) is 0.467. The standard InChI is InChI=1S/C15H19ClN2O2/c16-13-7-2-1-5-11(13)9-15(20)18-8-4-3-6-12(18)10-14(17)19/h1-2,5,7,12H,3-4,6,8-10H2,(H2,17,19)/t12-/m1/s1. The molecular formula is C15H19ClN2O2. The van der Waals surface area contributed by atoms with Crippen LogP contribution in [0.2, 0.25) is 5.02 Å². The molecule has 1 fully saturated rings. The van der Waals surface area contributed by atoms with Crippen molar-refractivity contribution in [2.75, 3.05) is 6.54 Å². The third-order valence-electron chi connectivity index (χ3n) is 3.68. The van der Waals surface area contributed by atoms with Crippen molar-refractivity contribution < 1.29 is 9.59 Å². The van der Waals surface area contributed by atoms with Gasteiger partial charge in [0.1, 0.15) is 0 Å². The van der Waals surface area contributed by atoms with Crippen LogP contribution in [0, 0.1) is 0 Å². The molecule has 1 heterocycles. The van der Waals surface area contributed by atoms with E-state index >= 15 is 0 Å². The molecule has 2 rings (SSSR count). The monoisotopic (exact) mass is 294 g/mol. The van der Waals surface area contributed by atoms with Gasteiger partial charge in [-0.2, -0.15) is 0 Å². The second-order valence-electron chi connectivity index (χ2n) is 5.18. The van der Waals surface area contributed by atoms with Crippen LogP contribution in [0.25, 0.3) is 0 Å². The van der Waals surface area contributed by atoms with Gasteiger partial charge in [0.05, 0.1) is 6.42 Å². The van der Waals surface area contributed by atoms with E-state index < -0.39 is 0 Å². The molecule has 0 bridgehead atoms. The first-order valence-corrected chi connectivity index (χ1v) is 7.27. The van der Waals surface area contributed by atoms with Crippen LogP contribution in [0.15, 0.2) is 24.3 Å². The summed E-state index contributed by atoms with van der Waals surface area (Å²) in [6.45, 7) is 0.696. The summed E-state index contributed by atoms with van der Waals surface area (Å²) >= 11 is 6.08. The summed E-state index contributed by atoms with van der Waals surface area (Å²) < 4.78 is 0. The lowest BCUT2D eigenvalue weighted by molar-refractivity contribution is -0.135. The van der Waals surface area contributed by atoms with Crippen molar-refractivity contribution >= 4 is 23.4 Å². The second kappa shape index (κ2) is 6.75. The highest BCUT2D eigenvalue weighted by atomic mass is 35.5. The van der Waals surface area contributed by atoms with Gasteiger partial charge >= 0.3 is 0 Å². The SMILES string of the molecule is NC(=O)C[C@H]1CCCCN1C(=O)Cc1ccccc1Cl. The van der Waals surface area contributed by atoms with Gasteiger partial charge in [-0.15, -0.1) is 0 Å². The Labute approximate surface area is 123 Å². The molecule has 4 nitrogen and oxygen atoms in total. The number of benzene rings is 1. The van der Waals surface area contributed by atoms with Crippen molar-refractivity contribution in [1.29, 1.82) is 0 Å². The molecule has 1 saturated heterocycles. The van der Waals surface area contributed by atoms with Crippen LogP contribution in [0.5, 0.6) is 0 Å². The Morgan fingerprint density at radius 3 is 2.75 bits per heavy atom. The van der Waals surface area contributed by atoms with E-state index in [1.165, 1.54) is 0 Å². The van der Waals surface area contributed by atoms with Gasteiger partial charge in [0, 0.05) is 24.0 Å². The highest BCUT2D eigenvalue weighted by Crippen LogP contribution is 2.22. The van der Waals surface area contributed by atoms with Crippen molar-refractivity contribution in [1.82, 2.24) is 4.90 Å². The van der Waals surface area contributed by atoms with Crippen LogP contribution in [-0.2, 0) is 16.0 Å². The Morgan fingerprint density at radius 1 is 1.30 bits per heavy atom. The summed E-state index contributed by atoms with van der Waals surface area (Å²) in [5.74, 6) is -0.337. The van der Waals surface area contributed by atoms with E-state index in [1.807, 2.05) is 18.2 Å². The summed E-state index contributed by atoms with van der Waals surface area (Å²) in [7, 11) is 0. The smallest absolute Gasteiger partial charge is 0.227 e. The van der Waals surface area contributed by atoms with Crippen molar-refractivity contribution in [3.8, 4) is 0 Å². The van der Waals surface area contributed by atoms with Crippen LogP contribution in [0.3, 0.4) is 0 Å². The first-order chi connectivity index (χ1) is 9.58. The van der Waals surface area contributed by atoms with Gasteiger partial charge in [0.15, 0.2) is 0 Å². The Bertz CT molecular complexity index is 504. The molecule has 0 aromatic heterocycles. The zero-order chi connectivity index (χ0) is 14.5. The molecule has 1 atom stereocenters. The molecule has 108 valence electrons. The molecule has 0 saturated carbocycles. The number of carbonyl (C=O) groups excluding carboxylic acids is 2. The highest BCUT2D eigenvalue weighted by Gasteiger charge is 2.27. The van der Waals surface area contributed by atoms with Gasteiger partial charge in [-0.05, 0) is 30.9 Å². The third kappa shape index (κ3) is 3.73. The van der Waals surface area contributed by atoms with E-state index in [-0.39, 0.29) is 30.7 Å². The van der Waals surface area contributed by atoms with E-state index in [9.17, 15) is 9.59 Å². The van der Waals surface area contributed by atoms with E-state index in [0.29, 0.717) is 11.6 Å². The first kappa shape index (κ1) is 14.9. The van der Waals surface area contributed by atoms with E-state index in [4.69, 9.17) is 17.3 Å². The van der Waals surface area contributed by atoms with E-state index in [0.717, 1.165) is 24.8 Å². The zero-order valence-electron chi connectivity index (χ0n) is 11.3. The summed E-state index contributed by atoms with van der Waals surface area (Å²) in [4.78, 5) is 25.3. The fourth-order valence-electron chi connectivity index (χ4n) is 2.68. The third-order valence-corrected chi connectivity index (χ3v) is 4.05. The molecule has 2 N–H and O–H groups in total. The van der Waals surface area contributed by atoms with Crippen LogP contribution in [-0.4, -0.2) is 29.3 Å². The summed E-state index contributed by atoms with van der Waals surface area (Å²) in [6.07, 6.45) is 3.37. The number of hydrogen-bond donors (Lipinski definition) is 1. The minimum absolute atomic E-state index is 0.0176. The average Bonchev–Trinajstić information content (AvgIpc) is 2.41. The topological polar surface area (TPSA) is 63.4 Å². The molecule has 2 amide bonds. The van der Waals surface area contributed by atoms with Gasteiger partial charge in [-0.25, -0.2) is 0 Å². The Morgan fingerprint density at radius 2 is 2.05 bits per heavy atom. The number of piperidine rings is 1. The maximum absolute atomic E-state index is 12.4. The summed E-state index contributed by atoms with van der Waals surface area (Å²) in [5.41, 5.74) is 6.09. The van der Waals surface area contributed by atoms with Crippen molar-refractivity contribution in [2.24, 2.45) is 5.73 Å².